The predicted molar refractivity (Wildman–Crippen MR) is 149 cm³/mol. The molecule has 2 fully saturated rings. The summed E-state index contributed by atoms with van der Waals surface area (Å²) in [5, 5.41) is 0.686. The van der Waals surface area contributed by atoms with Gasteiger partial charge in [0.25, 0.3) is 0 Å². The maximum atomic E-state index is 15.5. The number of nitrogen functional groups attached to an aromatic ring is 1. The number of ether oxygens (including phenoxy) is 1. The topological polar surface area (TPSA) is 139 Å². The fourth-order valence-electron chi connectivity index (χ4n) is 5.47. The average Bonchev–Trinajstić information content (AvgIpc) is 3.60. The second kappa shape index (κ2) is 11.6. The Balaban J connectivity index is 1.41. The number of hydrogen-bond acceptors (Lipinski definition) is 9. The van der Waals surface area contributed by atoms with Crippen LogP contribution in [0, 0.1) is 5.82 Å². The fourth-order valence-corrected chi connectivity index (χ4v) is 6.22. The summed E-state index contributed by atoms with van der Waals surface area (Å²) in [6.07, 6.45) is 4.98. The van der Waals surface area contributed by atoms with Gasteiger partial charge < -0.3 is 20.3 Å². The summed E-state index contributed by atoms with van der Waals surface area (Å²) in [6, 6.07) is 5.79. The molecule has 2 aliphatic rings. The lowest BCUT2D eigenvalue weighted by atomic mass is 10.0. The highest BCUT2D eigenvalue weighted by Gasteiger charge is 2.43. The van der Waals surface area contributed by atoms with Gasteiger partial charge in [0.1, 0.15) is 29.5 Å². The van der Waals surface area contributed by atoms with Crippen molar-refractivity contribution in [2.24, 2.45) is 0 Å². The highest BCUT2D eigenvalue weighted by atomic mass is 32.2. The Morgan fingerprint density at radius 2 is 1.93 bits per heavy atom. The van der Waals surface area contributed by atoms with Gasteiger partial charge >= 0.3 is 5.97 Å². The lowest BCUT2D eigenvalue weighted by Crippen LogP contribution is -2.48. The summed E-state index contributed by atoms with van der Waals surface area (Å²) in [6.45, 7) is 3.58. The number of carbonyl (C=O) groups excluding carboxylic acids is 2. The molecule has 2 aliphatic heterocycles. The summed E-state index contributed by atoms with van der Waals surface area (Å²) in [7, 11) is -3.20. The van der Waals surface area contributed by atoms with Crippen molar-refractivity contribution in [2.75, 3.05) is 41.2 Å². The number of amides is 1. The molecule has 3 aromatic rings. The Kier molecular flexibility index (Phi) is 8.01. The second-order valence-electron chi connectivity index (χ2n) is 9.79. The van der Waals surface area contributed by atoms with Gasteiger partial charge in [0.15, 0.2) is 0 Å². The number of anilines is 3. The summed E-state index contributed by atoms with van der Waals surface area (Å²) < 4.78 is 46.5. The summed E-state index contributed by atoms with van der Waals surface area (Å²) >= 11 is 0. The van der Waals surface area contributed by atoms with Crippen molar-refractivity contribution in [1.29, 1.82) is 0 Å². The number of esters is 1. The molecular weight excluding hydrogens is 539 g/mol. The van der Waals surface area contributed by atoms with Gasteiger partial charge in [-0.2, -0.15) is 0 Å². The first-order valence-electron chi connectivity index (χ1n) is 13.2. The lowest BCUT2D eigenvalue weighted by Gasteiger charge is -2.28. The van der Waals surface area contributed by atoms with Crippen LogP contribution < -0.4 is 14.9 Å². The molecule has 40 heavy (non-hydrogen) atoms. The Labute approximate surface area is 232 Å². The zero-order valence-corrected chi connectivity index (χ0v) is 22.9. The molecule has 11 nitrogen and oxygen atoms in total. The zero-order valence-electron chi connectivity index (χ0n) is 22.0. The van der Waals surface area contributed by atoms with Crippen molar-refractivity contribution in [3.63, 3.8) is 0 Å². The number of aromatic nitrogens is 2. The molecule has 4 heterocycles. The minimum absolute atomic E-state index is 0.0662. The van der Waals surface area contributed by atoms with Crippen LogP contribution >= 0.6 is 0 Å². The van der Waals surface area contributed by atoms with Crippen molar-refractivity contribution in [3.8, 4) is 0 Å². The molecule has 0 radical (unpaired) electrons. The summed E-state index contributed by atoms with van der Waals surface area (Å²) in [4.78, 5) is 38.5. The smallest absolute Gasteiger partial charge is 0.329 e. The zero-order chi connectivity index (χ0) is 28.4. The number of benzene rings is 1. The number of fused-ring (bicyclic) bond motifs is 1. The van der Waals surface area contributed by atoms with Crippen LogP contribution in [0.5, 0.6) is 0 Å². The van der Waals surface area contributed by atoms with E-state index in [4.69, 9.17) is 10.5 Å². The monoisotopic (exact) mass is 570 g/mol. The van der Waals surface area contributed by atoms with E-state index < -0.39 is 40.7 Å². The number of halogens is 1. The first-order chi connectivity index (χ1) is 19.3. The number of pyridine rings is 2. The molecule has 212 valence electrons. The maximum absolute atomic E-state index is 15.5. The van der Waals surface area contributed by atoms with Gasteiger partial charge in [0, 0.05) is 43.0 Å². The number of carbonyl (C=O) groups is 2. The Morgan fingerprint density at radius 3 is 2.60 bits per heavy atom. The number of nitrogens with two attached hydrogens (primary N) is 1. The molecule has 2 saturated heterocycles. The Hall–Kier alpha value is -4.00. The maximum Gasteiger partial charge on any atom is 0.329 e. The summed E-state index contributed by atoms with van der Waals surface area (Å²) in [5.41, 5.74) is 6.33. The molecule has 1 amide bonds. The van der Waals surface area contributed by atoms with Crippen LogP contribution in [0.15, 0.2) is 42.7 Å². The van der Waals surface area contributed by atoms with Crippen molar-refractivity contribution >= 4 is 50.9 Å². The van der Waals surface area contributed by atoms with Crippen molar-refractivity contribution < 1.29 is 27.1 Å². The first-order valence-corrected chi connectivity index (χ1v) is 14.4. The molecule has 13 heteroatoms. The number of hydrogen-bond donors (Lipinski definition) is 2. The van der Waals surface area contributed by atoms with Gasteiger partial charge in [-0.15, -0.1) is 0 Å². The molecule has 0 saturated carbocycles. The quantitative estimate of drug-likeness (QED) is 0.292. The van der Waals surface area contributed by atoms with Gasteiger partial charge in [-0.25, -0.2) is 27.6 Å². The molecule has 0 spiro atoms. The van der Waals surface area contributed by atoms with Crippen LogP contribution in [0.25, 0.3) is 10.8 Å². The van der Waals surface area contributed by atoms with Crippen LogP contribution in [-0.4, -0.2) is 73.5 Å². The highest BCUT2D eigenvalue weighted by molar-refractivity contribution is 7.74. The second-order valence-corrected chi connectivity index (χ2v) is 10.7. The molecule has 0 bridgehead atoms. The van der Waals surface area contributed by atoms with Crippen molar-refractivity contribution in [1.82, 2.24) is 14.9 Å². The molecular formula is C27H31FN6O5S. The molecule has 2 aromatic heterocycles. The third-order valence-electron chi connectivity index (χ3n) is 7.45. The Bertz CT molecular complexity index is 1490. The largest absolute Gasteiger partial charge is 0.464 e. The minimum Gasteiger partial charge on any atom is -0.464 e. The molecule has 2 N–H and O–H groups in total. The molecule has 0 aliphatic carbocycles. The van der Waals surface area contributed by atoms with Crippen LogP contribution in [0.4, 0.5) is 21.7 Å². The normalized spacial score (nSPS) is 18.1. The van der Waals surface area contributed by atoms with Crippen LogP contribution in [0.3, 0.4) is 0 Å². The molecule has 2 atom stereocenters. The van der Waals surface area contributed by atoms with Crippen LogP contribution in [0.1, 0.15) is 31.7 Å². The molecule has 1 aromatic carbocycles. The van der Waals surface area contributed by atoms with E-state index >= 15 is 4.39 Å². The van der Waals surface area contributed by atoms with E-state index in [0.29, 0.717) is 5.39 Å². The predicted octanol–water partition coefficient (Wildman–Crippen LogP) is 2.06. The van der Waals surface area contributed by atoms with Gasteiger partial charge in [-0.1, -0.05) is 12.1 Å². The van der Waals surface area contributed by atoms with Gasteiger partial charge in [-0.05, 0) is 49.9 Å². The fraction of sp³-hybridized carbons (Fsp3) is 0.407. The van der Waals surface area contributed by atoms with E-state index in [1.54, 1.807) is 25.1 Å². The lowest BCUT2D eigenvalue weighted by molar-refractivity contribution is -0.153. The van der Waals surface area contributed by atoms with E-state index in [9.17, 15) is 18.0 Å². The SMILES string of the molecule is CCOC(=O)[C@@H](Cc1ccc2c(N)nccc2c1F)N1CC[C@H](N(c2ccc(N3CCCC3)nc2)[SH](=O)=O)C1=O. The minimum atomic E-state index is -3.20. The number of likely N-dealkylation sites (tertiary alicyclic amines) is 1. The van der Waals surface area contributed by atoms with Crippen molar-refractivity contribution in [3.05, 3.63) is 54.1 Å². The third kappa shape index (κ3) is 5.25. The van der Waals surface area contributed by atoms with Gasteiger partial charge in [0.05, 0.1) is 18.5 Å². The Morgan fingerprint density at radius 1 is 1.15 bits per heavy atom. The summed E-state index contributed by atoms with van der Waals surface area (Å²) in [5.74, 6) is -0.899. The van der Waals surface area contributed by atoms with E-state index in [-0.39, 0.29) is 48.4 Å². The van der Waals surface area contributed by atoms with Crippen LogP contribution in [-0.2, 0) is 31.6 Å². The van der Waals surface area contributed by atoms with Gasteiger partial charge in [0.2, 0.25) is 16.8 Å². The van der Waals surface area contributed by atoms with Crippen LogP contribution in [0.2, 0.25) is 0 Å². The number of nitrogens with zero attached hydrogens (tertiary/aromatic N) is 5. The van der Waals surface area contributed by atoms with E-state index in [0.717, 1.165) is 36.1 Å². The third-order valence-corrected chi connectivity index (χ3v) is 8.31. The number of rotatable bonds is 9. The van der Waals surface area contributed by atoms with Gasteiger partial charge in [-0.3, -0.25) is 9.10 Å². The first kappa shape index (κ1) is 27.6. The van der Waals surface area contributed by atoms with E-state index in [1.807, 2.05) is 0 Å². The molecule has 5 rings (SSSR count). The standard InChI is InChI=1S/C27H31FN6O5S/c1-2-39-27(36)22(15-17-5-7-20-19(24(17)28)9-11-30-25(20)29)33-14-10-21(26(33)35)34(40(37)38)18-6-8-23(31-16-18)32-12-3-4-13-32/h5-9,11,16,21-22,40H,2-4,10,12-15H2,1H3,(H2,29,30)/t21-,22+/m0/s1. The highest BCUT2D eigenvalue weighted by Crippen LogP contribution is 2.30. The number of thiol groups is 1. The van der Waals surface area contributed by atoms with E-state index in [2.05, 4.69) is 14.9 Å². The van der Waals surface area contributed by atoms with Crippen molar-refractivity contribution in [2.45, 2.75) is 44.7 Å². The average molecular weight is 571 g/mol. The van der Waals surface area contributed by atoms with E-state index in [1.165, 1.54) is 29.4 Å². The molecule has 0 unspecified atom stereocenters.